The van der Waals surface area contributed by atoms with Gasteiger partial charge in [-0.15, -0.1) is 0 Å². The van der Waals surface area contributed by atoms with E-state index in [9.17, 15) is 4.79 Å². The summed E-state index contributed by atoms with van der Waals surface area (Å²) < 4.78 is 0. The third-order valence-corrected chi connectivity index (χ3v) is 3.91. The Kier molecular flexibility index (Phi) is 77.0. The summed E-state index contributed by atoms with van der Waals surface area (Å²) in [4.78, 5) is 11.6. The maximum Gasteiger partial charge on any atom is 0.132 e. The Bertz CT molecular complexity index is 186. The van der Waals surface area contributed by atoms with Crippen molar-refractivity contribution in [2.24, 2.45) is 0 Å². The third-order valence-electron chi connectivity index (χ3n) is 3.91. The summed E-state index contributed by atoms with van der Waals surface area (Å²) in [6, 6.07) is 0. The minimum Gasteiger partial charge on any atom is -0.412 e. The molecule has 0 bridgehead atoms. The van der Waals surface area contributed by atoms with Gasteiger partial charge in [-0.25, -0.2) is 0 Å². The molecule has 1 fully saturated rings. The van der Waals surface area contributed by atoms with E-state index in [0.717, 1.165) is 25.7 Å². The van der Waals surface area contributed by atoms with E-state index < -0.39 is 0 Å². The standard InChI is InChI=1S/C16H30O.8H2O/c17-16-14-12-10-8-6-4-2-1-3-5-7-9-11-13-15-16;;;;;;;;/h1-15H2;8*1H2. The molecular formula is C16H46O9. The maximum absolute atomic E-state index is 11.6. The summed E-state index contributed by atoms with van der Waals surface area (Å²) in [7, 11) is 0. The van der Waals surface area contributed by atoms with Gasteiger partial charge in [-0.1, -0.05) is 70.6 Å². The fourth-order valence-corrected chi connectivity index (χ4v) is 2.71. The Morgan fingerprint density at radius 3 is 0.680 bits per heavy atom. The zero-order chi connectivity index (χ0) is 12.2. The van der Waals surface area contributed by atoms with Crippen molar-refractivity contribution in [3.8, 4) is 0 Å². The van der Waals surface area contributed by atoms with Crippen molar-refractivity contribution in [1.29, 1.82) is 0 Å². The molecule has 9 heteroatoms. The molecule has 0 aromatic carbocycles. The van der Waals surface area contributed by atoms with E-state index in [-0.39, 0.29) is 43.8 Å². The first-order valence-electron chi connectivity index (χ1n) is 7.91. The van der Waals surface area contributed by atoms with E-state index in [0.29, 0.717) is 5.78 Å². The molecule has 1 aliphatic carbocycles. The molecule has 0 saturated heterocycles. The quantitative estimate of drug-likeness (QED) is 0.491. The molecule has 0 radical (unpaired) electrons. The average molecular weight is 383 g/mol. The highest BCUT2D eigenvalue weighted by molar-refractivity contribution is 5.78. The van der Waals surface area contributed by atoms with Crippen molar-refractivity contribution in [3.63, 3.8) is 0 Å². The predicted octanol–water partition coefficient (Wildman–Crippen LogP) is -1.18. The van der Waals surface area contributed by atoms with E-state index in [2.05, 4.69) is 0 Å². The van der Waals surface area contributed by atoms with Crippen LogP contribution >= 0.6 is 0 Å². The lowest BCUT2D eigenvalue weighted by atomic mass is 10.0. The molecule has 0 unspecified atom stereocenters. The van der Waals surface area contributed by atoms with Crippen LogP contribution in [0.25, 0.3) is 0 Å². The number of ketones is 1. The SMILES string of the molecule is O.O.O.O.O.O.O.O.O=C1CCCCCCCCCCCCCCC1. The van der Waals surface area contributed by atoms with Gasteiger partial charge in [0.1, 0.15) is 5.78 Å². The summed E-state index contributed by atoms with van der Waals surface area (Å²) in [6.07, 6.45) is 19.1. The lowest BCUT2D eigenvalue weighted by molar-refractivity contribution is -0.119. The molecular weight excluding hydrogens is 336 g/mol. The topological polar surface area (TPSA) is 269 Å². The number of Topliss-reactive ketones (excluding diaryl/α,β-unsaturated/α-hetero) is 1. The van der Waals surface area contributed by atoms with E-state index in [4.69, 9.17) is 0 Å². The van der Waals surface area contributed by atoms with Gasteiger partial charge in [0.05, 0.1) is 0 Å². The summed E-state index contributed by atoms with van der Waals surface area (Å²) in [5.74, 6) is 0.511. The number of rotatable bonds is 0. The monoisotopic (exact) mass is 382 g/mol. The molecule has 0 atom stereocenters. The van der Waals surface area contributed by atoms with Gasteiger partial charge in [0.2, 0.25) is 0 Å². The zero-order valence-corrected chi connectivity index (χ0v) is 15.5. The third kappa shape index (κ3) is 35.4. The summed E-state index contributed by atoms with van der Waals surface area (Å²) >= 11 is 0. The number of hydrogen-bond acceptors (Lipinski definition) is 1. The van der Waals surface area contributed by atoms with Crippen LogP contribution < -0.4 is 0 Å². The zero-order valence-electron chi connectivity index (χ0n) is 15.5. The van der Waals surface area contributed by atoms with E-state index in [1.807, 2.05) is 0 Å². The Labute approximate surface area is 151 Å². The molecule has 0 aliphatic heterocycles. The largest absolute Gasteiger partial charge is 0.412 e. The molecule has 1 rings (SSSR count). The van der Waals surface area contributed by atoms with Crippen molar-refractivity contribution in [1.82, 2.24) is 0 Å². The number of carbonyl (C=O) groups excluding carboxylic acids is 1. The molecule has 0 spiro atoms. The van der Waals surface area contributed by atoms with Crippen LogP contribution in [0, 0.1) is 0 Å². The van der Waals surface area contributed by atoms with E-state index in [1.165, 1.54) is 70.6 Å². The van der Waals surface area contributed by atoms with Gasteiger partial charge in [-0.05, 0) is 12.8 Å². The lowest BCUT2D eigenvalue weighted by Gasteiger charge is -2.05. The van der Waals surface area contributed by atoms with Gasteiger partial charge in [0.25, 0.3) is 0 Å². The molecule has 0 aromatic heterocycles. The predicted molar refractivity (Wildman–Crippen MR) is 103 cm³/mol. The average Bonchev–Trinajstić information content (AvgIpc) is 2.32. The molecule has 25 heavy (non-hydrogen) atoms. The van der Waals surface area contributed by atoms with E-state index in [1.54, 1.807) is 0 Å². The van der Waals surface area contributed by atoms with Crippen molar-refractivity contribution < 1.29 is 48.6 Å². The van der Waals surface area contributed by atoms with Crippen LogP contribution in [0.3, 0.4) is 0 Å². The molecule has 16 N–H and O–H groups in total. The van der Waals surface area contributed by atoms with Crippen LogP contribution in [0.15, 0.2) is 0 Å². The van der Waals surface area contributed by atoms with Crippen LogP contribution in [0.5, 0.6) is 0 Å². The highest BCUT2D eigenvalue weighted by Gasteiger charge is 2.02. The van der Waals surface area contributed by atoms with Gasteiger partial charge in [0.15, 0.2) is 0 Å². The Hall–Kier alpha value is -0.650. The first-order chi connectivity index (χ1) is 8.39. The number of carbonyl (C=O) groups is 1. The molecule has 9 nitrogen and oxygen atoms in total. The van der Waals surface area contributed by atoms with Gasteiger partial charge < -0.3 is 43.8 Å². The van der Waals surface area contributed by atoms with Crippen LogP contribution in [0.4, 0.5) is 0 Å². The van der Waals surface area contributed by atoms with Crippen LogP contribution in [0.1, 0.15) is 96.3 Å². The minimum atomic E-state index is 0. The molecule has 164 valence electrons. The highest BCUT2D eigenvalue weighted by Crippen LogP contribution is 2.15. The molecule has 0 aromatic rings. The fourth-order valence-electron chi connectivity index (χ4n) is 2.71. The Morgan fingerprint density at radius 1 is 0.320 bits per heavy atom. The Morgan fingerprint density at radius 2 is 0.480 bits per heavy atom. The van der Waals surface area contributed by atoms with E-state index >= 15 is 0 Å². The smallest absolute Gasteiger partial charge is 0.132 e. The van der Waals surface area contributed by atoms with Crippen LogP contribution in [-0.4, -0.2) is 49.6 Å². The van der Waals surface area contributed by atoms with Crippen molar-refractivity contribution in [2.45, 2.75) is 96.3 Å². The van der Waals surface area contributed by atoms with Crippen LogP contribution in [0.2, 0.25) is 0 Å². The van der Waals surface area contributed by atoms with Crippen molar-refractivity contribution >= 4 is 5.78 Å². The van der Waals surface area contributed by atoms with Gasteiger partial charge in [-0.3, -0.25) is 4.79 Å². The number of hydrogen-bond donors (Lipinski definition) is 0. The van der Waals surface area contributed by atoms with Gasteiger partial charge >= 0.3 is 0 Å². The molecule has 0 heterocycles. The lowest BCUT2D eigenvalue weighted by Crippen LogP contribution is -1.97. The second kappa shape index (κ2) is 38.7. The molecule has 1 aliphatic rings. The summed E-state index contributed by atoms with van der Waals surface area (Å²) in [5, 5.41) is 0. The first kappa shape index (κ1) is 49.7. The Balaban J connectivity index is -0.0000000602. The molecule has 1 saturated carbocycles. The second-order valence-corrected chi connectivity index (χ2v) is 5.63. The van der Waals surface area contributed by atoms with Gasteiger partial charge in [-0.2, -0.15) is 0 Å². The second-order valence-electron chi connectivity index (χ2n) is 5.63. The maximum atomic E-state index is 11.6. The van der Waals surface area contributed by atoms with Gasteiger partial charge in [0, 0.05) is 12.8 Å². The fraction of sp³-hybridized carbons (Fsp3) is 0.938. The normalized spacial score (nSPS) is 15.9. The highest BCUT2D eigenvalue weighted by atomic mass is 16.1. The summed E-state index contributed by atoms with van der Waals surface area (Å²) in [6.45, 7) is 0. The minimum absolute atomic E-state index is 0. The van der Waals surface area contributed by atoms with Crippen molar-refractivity contribution in [3.05, 3.63) is 0 Å². The van der Waals surface area contributed by atoms with Crippen molar-refractivity contribution in [2.75, 3.05) is 0 Å². The molecule has 0 amide bonds. The first-order valence-corrected chi connectivity index (χ1v) is 7.91. The summed E-state index contributed by atoms with van der Waals surface area (Å²) in [5.41, 5.74) is 0. The van der Waals surface area contributed by atoms with Crippen LogP contribution in [-0.2, 0) is 4.79 Å².